The van der Waals surface area contributed by atoms with E-state index in [-0.39, 0.29) is 5.91 Å². The Morgan fingerprint density at radius 2 is 1.62 bits per heavy atom. The Morgan fingerprint density at radius 1 is 0.923 bits per heavy atom. The van der Waals surface area contributed by atoms with Gasteiger partial charge in [0.15, 0.2) is 0 Å². The quantitative estimate of drug-likeness (QED) is 0.815. The van der Waals surface area contributed by atoms with Crippen molar-refractivity contribution in [1.29, 1.82) is 0 Å². The zero-order chi connectivity index (χ0) is 18.2. The summed E-state index contributed by atoms with van der Waals surface area (Å²) in [7, 11) is 0. The van der Waals surface area contributed by atoms with Gasteiger partial charge >= 0.3 is 0 Å². The van der Waals surface area contributed by atoms with Crippen molar-refractivity contribution < 1.29 is 4.79 Å². The molecule has 1 heterocycles. The number of benzene rings is 2. The Kier molecular flexibility index (Phi) is 6.84. The maximum Gasteiger partial charge on any atom is 0.224 e. The summed E-state index contributed by atoms with van der Waals surface area (Å²) in [5.74, 6) is 0.0793. The summed E-state index contributed by atoms with van der Waals surface area (Å²) >= 11 is 0. The van der Waals surface area contributed by atoms with Gasteiger partial charge in [0, 0.05) is 13.1 Å². The average molecular weight is 351 g/mol. The monoisotopic (exact) mass is 350 g/mol. The Balaban J connectivity index is 1.48. The summed E-state index contributed by atoms with van der Waals surface area (Å²) in [6.07, 6.45) is 5.46. The number of carbonyl (C=O) groups excluding carboxylic acids is 1. The van der Waals surface area contributed by atoms with E-state index < -0.39 is 0 Å². The van der Waals surface area contributed by atoms with E-state index in [9.17, 15) is 4.79 Å². The fraction of sp³-hybridized carbons (Fsp3) is 0.435. The van der Waals surface area contributed by atoms with Gasteiger partial charge < -0.3 is 5.32 Å². The first-order chi connectivity index (χ1) is 12.7. The van der Waals surface area contributed by atoms with E-state index in [0.717, 1.165) is 18.5 Å². The number of nitrogens with zero attached hydrogens (tertiary/aromatic N) is 1. The molecule has 1 aliphatic heterocycles. The van der Waals surface area contributed by atoms with Crippen molar-refractivity contribution >= 4 is 5.91 Å². The second-order valence-electron chi connectivity index (χ2n) is 7.28. The predicted octanol–water partition coefficient (Wildman–Crippen LogP) is 4.09. The van der Waals surface area contributed by atoms with Crippen LogP contribution in [0.15, 0.2) is 48.5 Å². The van der Waals surface area contributed by atoms with Crippen molar-refractivity contribution in [3.8, 4) is 0 Å². The van der Waals surface area contributed by atoms with Gasteiger partial charge in [0.25, 0.3) is 0 Å². The second-order valence-corrected chi connectivity index (χ2v) is 7.28. The van der Waals surface area contributed by atoms with Crippen molar-refractivity contribution in [3.63, 3.8) is 0 Å². The molecule has 2 aromatic carbocycles. The fourth-order valence-corrected chi connectivity index (χ4v) is 3.56. The highest BCUT2D eigenvalue weighted by Crippen LogP contribution is 2.14. The van der Waals surface area contributed by atoms with Gasteiger partial charge in [-0.1, -0.05) is 61.9 Å². The number of carbonyl (C=O) groups is 1. The highest BCUT2D eigenvalue weighted by atomic mass is 16.1. The van der Waals surface area contributed by atoms with E-state index in [0.29, 0.717) is 13.0 Å². The number of likely N-dealkylation sites (tertiary alicyclic amines) is 1. The van der Waals surface area contributed by atoms with E-state index >= 15 is 0 Å². The van der Waals surface area contributed by atoms with Crippen LogP contribution in [0.5, 0.6) is 0 Å². The van der Waals surface area contributed by atoms with Crippen molar-refractivity contribution in [3.05, 3.63) is 70.8 Å². The number of nitrogens with one attached hydrogen (secondary N) is 1. The smallest absolute Gasteiger partial charge is 0.224 e. The summed E-state index contributed by atoms with van der Waals surface area (Å²) in [4.78, 5) is 14.8. The number of amides is 1. The Morgan fingerprint density at radius 3 is 2.35 bits per heavy atom. The molecule has 0 aliphatic carbocycles. The maximum atomic E-state index is 12.2. The number of hydrogen-bond acceptors (Lipinski definition) is 2. The van der Waals surface area contributed by atoms with Crippen LogP contribution in [-0.4, -0.2) is 23.9 Å². The third-order valence-electron chi connectivity index (χ3n) is 5.13. The molecule has 3 heteroatoms. The van der Waals surface area contributed by atoms with E-state index in [1.54, 1.807) is 0 Å². The zero-order valence-electron chi connectivity index (χ0n) is 15.8. The standard InChI is InChI=1S/C23H30N2O/c1-2-19-9-11-20(12-10-19)16-23(26)24-17-21-7-6-8-22(15-21)18-25-13-4-3-5-14-25/h6-12,15H,2-5,13-14,16-18H2,1H3,(H,24,26). The van der Waals surface area contributed by atoms with Crippen LogP contribution in [0.1, 0.15) is 48.4 Å². The van der Waals surface area contributed by atoms with Crippen LogP contribution in [0, 0.1) is 0 Å². The summed E-state index contributed by atoms with van der Waals surface area (Å²) in [6.45, 7) is 6.17. The van der Waals surface area contributed by atoms with Crippen molar-refractivity contribution in [2.75, 3.05) is 13.1 Å². The van der Waals surface area contributed by atoms with Crippen LogP contribution in [-0.2, 0) is 30.7 Å². The summed E-state index contributed by atoms with van der Waals surface area (Å²) in [6, 6.07) is 16.9. The minimum Gasteiger partial charge on any atom is -0.352 e. The molecule has 1 amide bonds. The van der Waals surface area contributed by atoms with Crippen LogP contribution < -0.4 is 5.32 Å². The van der Waals surface area contributed by atoms with Gasteiger partial charge in [-0.25, -0.2) is 0 Å². The van der Waals surface area contributed by atoms with E-state index in [1.807, 2.05) is 0 Å². The highest BCUT2D eigenvalue weighted by molar-refractivity contribution is 5.78. The summed E-state index contributed by atoms with van der Waals surface area (Å²) in [5, 5.41) is 3.05. The SMILES string of the molecule is CCc1ccc(CC(=O)NCc2cccc(CN3CCCCC3)c2)cc1. The van der Waals surface area contributed by atoms with Crippen LogP contribution >= 0.6 is 0 Å². The number of aryl methyl sites for hydroxylation is 1. The largest absolute Gasteiger partial charge is 0.352 e. The van der Waals surface area contributed by atoms with E-state index in [1.165, 1.54) is 49.0 Å². The first-order valence-corrected chi connectivity index (χ1v) is 9.87. The first-order valence-electron chi connectivity index (χ1n) is 9.87. The fourth-order valence-electron chi connectivity index (χ4n) is 3.56. The molecule has 1 fully saturated rings. The number of hydrogen-bond donors (Lipinski definition) is 1. The molecule has 0 radical (unpaired) electrons. The summed E-state index contributed by atoms with van der Waals surface area (Å²) in [5.41, 5.74) is 4.89. The van der Waals surface area contributed by atoms with E-state index in [2.05, 4.69) is 65.7 Å². The van der Waals surface area contributed by atoms with Crippen molar-refractivity contribution in [2.24, 2.45) is 0 Å². The molecule has 0 aromatic heterocycles. The lowest BCUT2D eigenvalue weighted by Crippen LogP contribution is -2.29. The lowest BCUT2D eigenvalue weighted by Gasteiger charge is -2.26. The third kappa shape index (κ3) is 5.70. The molecule has 26 heavy (non-hydrogen) atoms. The minimum absolute atomic E-state index is 0.0793. The summed E-state index contributed by atoms with van der Waals surface area (Å²) < 4.78 is 0. The molecule has 0 bridgehead atoms. The maximum absolute atomic E-state index is 12.2. The molecule has 0 atom stereocenters. The van der Waals surface area contributed by atoms with Crippen LogP contribution in [0.4, 0.5) is 0 Å². The molecule has 0 saturated carbocycles. The molecule has 1 saturated heterocycles. The molecular weight excluding hydrogens is 320 g/mol. The molecule has 0 spiro atoms. The van der Waals surface area contributed by atoms with Crippen LogP contribution in [0.25, 0.3) is 0 Å². The van der Waals surface area contributed by atoms with Gasteiger partial charge in [0.2, 0.25) is 5.91 Å². The topological polar surface area (TPSA) is 32.3 Å². The Hall–Kier alpha value is -2.13. The molecular formula is C23H30N2O. The lowest BCUT2D eigenvalue weighted by molar-refractivity contribution is -0.120. The molecule has 1 aliphatic rings. The molecule has 3 nitrogen and oxygen atoms in total. The van der Waals surface area contributed by atoms with Crippen molar-refractivity contribution in [1.82, 2.24) is 10.2 Å². The van der Waals surface area contributed by atoms with Gasteiger partial charge in [-0.05, 0) is 54.6 Å². The van der Waals surface area contributed by atoms with Gasteiger partial charge in [-0.2, -0.15) is 0 Å². The predicted molar refractivity (Wildman–Crippen MR) is 107 cm³/mol. The molecule has 2 aromatic rings. The normalized spacial score (nSPS) is 15.0. The third-order valence-corrected chi connectivity index (χ3v) is 5.13. The van der Waals surface area contributed by atoms with Crippen LogP contribution in [0.3, 0.4) is 0 Å². The lowest BCUT2D eigenvalue weighted by atomic mass is 10.1. The number of piperidine rings is 1. The average Bonchev–Trinajstić information content (AvgIpc) is 2.68. The zero-order valence-corrected chi connectivity index (χ0v) is 15.8. The Labute approximate surface area is 157 Å². The van der Waals surface area contributed by atoms with Gasteiger partial charge in [-0.15, -0.1) is 0 Å². The minimum atomic E-state index is 0.0793. The molecule has 0 unspecified atom stereocenters. The molecule has 138 valence electrons. The van der Waals surface area contributed by atoms with Crippen molar-refractivity contribution in [2.45, 2.75) is 52.1 Å². The van der Waals surface area contributed by atoms with Gasteiger partial charge in [-0.3, -0.25) is 9.69 Å². The highest BCUT2D eigenvalue weighted by Gasteiger charge is 2.10. The Bertz CT molecular complexity index is 702. The first kappa shape index (κ1) is 18.7. The van der Waals surface area contributed by atoms with Gasteiger partial charge in [0.05, 0.1) is 6.42 Å². The molecule has 1 N–H and O–H groups in total. The van der Waals surface area contributed by atoms with Gasteiger partial charge in [0.1, 0.15) is 0 Å². The second kappa shape index (κ2) is 9.54. The molecule has 3 rings (SSSR count). The van der Waals surface area contributed by atoms with Crippen LogP contribution in [0.2, 0.25) is 0 Å². The van der Waals surface area contributed by atoms with E-state index in [4.69, 9.17) is 0 Å². The number of rotatable bonds is 7.